The Morgan fingerprint density at radius 3 is 1.86 bits per heavy atom. The number of rotatable bonds is 1. The van der Waals surface area contributed by atoms with Gasteiger partial charge < -0.3 is 0 Å². The first kappa shape index (κ1) is 16.8. The summed E-state index contributed by atoms with van der Waals surface area (Å²) in [5, 5.41) is 10.6. The van der Waals surface area contributed by atoms with Crippen molar-refractivity contribution in [3.05, 3.63) is 39.4 Å². The maximum absolute atomic E-state index is 10.1. The zero-order valence-corrected chi connectivity index (χ0v) is 12.8. The van der Waals surface area contributed by atoms with Crippen LogP contribution in [0.3, 0.4) is 0 Å². The van der Waals surface area contributed by atoms with E-state index >= 15 is 0 Å². The Kier molecular flexibility index (Phi) is 13.7. The monoisotopic (exact) mass is 441 g/mol. The fourth-order valence-corrected chi connectivity index (χ4v) is 0.689. The van der Waals surface area contributed by atoms with E-state index in [9.17, 15) is 10.1 Å². The van der Waals surface area contributed by atoms with E-state index in [-0.39, 0.29) is 5.69 Å². The Labute approximate surface area is 112 Å². The molecule has 1 rings (SSSR count). The molecule has 0 fully saturated rings. The molecule has 3 nitrogen and oxygen atoms in total. The number of hydrogen-bond acceptors (Lipinski definition) is 2. The van der Waals surface area contributed by atoms with Crippen LogP contribution in [0.5, 0.6) is 0 Å². The minimum Gasteiger partial charge on any atom is -0.258 e. The maximum atomic E-state index is 10.1. The Morgan fingerprint density at radius 1 is 1.21 bits per heavy atom. The van der Waals surface area contributed by atoms with Crippen LogP contribution in [0.15, 0.2) is 24.3 Å². The number of nitro groups is 1. The summed E-state index contributed by atoms with van der Waals surface area (Å²) >= 11 is 9.73. The molecule has 0 unspecified atom stereocenters. The Bertz CT molecular complexity index is 254. The van der Waals surface area contributed by atoms with Gasteiger partial charge in [0.25, 0.3) is 5.69 Å². The first-order valence-electron chi connectivity index (χ1n) is 3.74. The van der Waals surface area contributed by atoms with Gasteiger partial charge >= 0.3 is 0 Å². The molecule has 0 saturated carbocycles. The van der Waals surface area contributed by atoms with E-state index in [2.05, 4.69) is 37.2 Å². The van der Waals surface area contributed by atoms with Crippen LogP contribution in [0.1, 0.15) is 13.8 Å². The average molecular weight is 441 g/mol. The molecule has 0 aliphatic heterocycles. The number of benzene rings is 1. The van der Waals surface area contributed by atoms with Crippen LogP contribution in [0.2, 0.25) is 5.02 Å². The predicted molar refractivity (Wildman–Crippen MR) is 77.5 cm³/mol. The van der Waals surface area contributed by atoms with Crippen LogP contribution in [-0.2, 0) is 0 Å². The third-order valence-corrected chi connectivity index (χ3v) is 1.29. The largest absolute Gasteiger partial charge is 0.269 e. The van der Waals surface area contributed by atoms with Crippen molar-refractivity contribution >= 4 is 54.5 Å². The van der Waals surface area contributed by atoms with Crippen molar-refractivity contribution in [3.8, 4) is 0 Å². The molecule has 14 heavy (non-hydrogen) atoms. The van der Waals surface area contributed by atoms with E-state index in [1.54, 1.807) is 0 Å². The highest BCUT2D eigenvalue weighted by atomic mass is 128. The second kappa shape index (κ2) is 11.4. The first-order chi connectivity index (χ1) is 6.70. The van der Waals surface area contributed by atoms with E-state index in [4.69, 9.17) is 11.6 Å². The van der Waals surface area contributed by atoms with Crippen LogP contribution >= 0.6 is 48.8 Å². The van der Waals surface area contributed by atoms with Gasteiger partial charge in [-0.15, -0.1) is 0 Å². The van der Waals surface area contributed by atoms with E-state index < -0.39 is 4.92 Å². The highest BCUT2D eigenvalue weighted by Gasteiger charge is 2.01. The van der Waals surface area contributed by atoms with Crippen LogP contribution in [0.25, 0.3) is 0 Å². The zero-order chi connectivity index (χ0) is 11.6. The molecule has 0 bridgehead atoms. The number of non-ortho nitro benzene ring substituents is 1. The molecule has 6 heteroatoms. The summed E-state index contributed by atoms with van der Waals surface area (Å²) in [6.07, 6.45) is 0. The van der Waals surface area contributed by atoms with Gasteiger partial charge in [-0.3, -0.25) is 10.1 Å². The molecule has 1 aromatic carbocycles. The minimum absolute atomic E-state index is 0.0596. The topological polar surface area (TPSA) is 43.1 Å². The van der Waals surface area contributed by atoms with E-state index in [0.717, 1.165) is 0 Å². The smallest absolute Gasteiger partial charge is 0.258 e. The van der Waals surface area contributed by atoms with Gasteiger partial charge in [0.05, 0.1) is 4.92 Å². The van der Waals surface area contributed by atoms with Gasteiger partial charge in [-0.05, 0) is 12.1 Å². The summed E-state index contributed by atoms with van der Waals surface area (Å²) in [4.78, 5) is 9.61. The van der Waals surface area contributed by atoms with E-state index in [0.29, 0.717) is 5.02 Å². The van der Waals surface area contributed by atoms with Crippen LogP contribution in [0.4, 0.5) is 5.69 Å². The fourth-order valence-electron chi connectivity index (χ4n) is 0.563. The van der Waals surface area contributed by atoms with Crippen molar-refractivity contribution in [3.63, 3.8) is 0 Å². The van der Waals surface area contributed by atoms with Gasteiger partial charge in [0, 0.05) is 54.4 Å². The van der Waals surface area contributed by atoms with Gasteiger partial charge in [-0.1, -0.05) is 25.4 Å². The maximum Gasteiger partial charge on any atom is 0.269 e. The summed E-state index contributed by atoms with van der Waals surface area (Å²) in [6, 6.07) is 5.70. The molecule has 0 aliphatic rings. The lowest BCUT2D eigenvalue weighted by molar-refractivity contribution is -0.384. The standard InChI is InChI=1S/C6H4ClNO2.C2H6.I2/c7-5-1-3-6(4-2-5)8(9)10;2*1-2/h1-4H;1-2H3;. The lowest BCUT2D eigenvalue weighted by Gasteiger charge is -1.88. The van der Waals surface area contributed by atoms with Crippen molar-refractivity contribution in [2.75, 3.05) is 0 Å². The highest BCUT2D eigenvalue weighted by Crippen LogP contribution is 2.14. The molecule has 0 heterocycles. The molecule has 1 aromatic rings. The molecule has 80 valence electrons. The number of halogens is 3. The lowest BCUT2D eigenvalue weighted by atomic mass is 10.3. The third kappa shape index (κ3) is 7.74. The lowest BCUT2D eigenvalue weighted by Crippen LogP contribution is -1.85. The molecule has 0 saturated heterocycles. The van der Waals surface area contributed by atoms with Gasteiger partial charge in [-0.2, -0.15) is 0 Å². The summed E-state index contributed by atoms with van der Waals surface area (Å²) in [5.41, 5.74) is 0.0596. The third-order valence-electron chi connectivity index (χ3n) is 1.04. The van der Waals surface area contributed by atoms with E-state index in [1.807, 2.05) is 13.8 Å². The summed E-state index contributed by atoms with van der Waals surface area (Å²) in [6.45, 7) is 4.00. The molecule has 0 radical (unpaired) electrons. The van der Waals surface area contributed by atoms with Crippen molar-refractivity contribution < 1.29 is 4.92 Å². The normalized spacial score (nSPS) is 7.50. The fraction of sp³-hybridized carbons (Fsp3) is 0.250. The van der Waals surface area contributed by atoms with Crippen molar-refractivity contribution in [1.82, 2.24) is 0 Å². The Morgan fingerprint density at radius 2 is 1.57 bits per heavy atom. The molecule has 0 amide bonds. The zero-order valence-electron chi connectivity index (χ0n) is 7.71. The van der Waals surface area contributed by atoms with Crippen molar-refractivity contribution in [1.29, 1.82) is 0 Å². The molecule has 0 aliphatic carbocycles. The van der Waals surface area contributed by atoms with Gasteiger partial charge in [-0.25, -0.2) is 0 Å². The van der Waals surface area contributed by atoms with Crippen LogP contribution in [0, 0.1) is 10.1 Å². The van der Waals surface area contributed by atoms with Crippen molar-refractivity contribution in [2.24, 2.45) is 0 Å². The molecular weight excluding hydrogens is 431 g/mol. The van der Waals surface area contributed by atoms with E-state index in [1.165, 1.54) is 24.3 Å². The average Bonchev–Trinajstić information content (AvgIpc) is 2.24. The highest BCUT2D eigenvalue weighted by molar-refractivity contribution is 15.0. The van der Waals surface area contributed by atoms with Gasteiger partial charge in [0.15, 0.2) is 0 Å². The second-order valence-corrected chi connectivity index (χ2v) is 2.17. The van der Waals surface area contributed by atoms with Gasteiger partial charge in [0.1, 0.15) is 0 Å². The summed E-state index contributed by atoms with van der Waals surface area (Å²) in [7, 11) is 0. The Balaban J connectivity index is 0. The summed E-state index contributed by atoms with van der Waals surface area (Å²) < 4.78 is 0. The number of nitro benzene ring substituents is 1. The molecule has 0 atom stereocenters. The second-order valence-electron chi connectivity index (χ2n) is 1.73. The van der Waals surface area contributed by atoms with Gasteiger partial charge in [0.2, 0.25) is 0 Å². The quantitative estimate of drug-likeness (QED) is 0.348. The number of hydrogen-bond donors (Lipinski definition) is 0. The minimum atomic E-state index is -0.462. The number of nitrogens with zero attached hydrogens (tertiary/aromatic N) is 1. The SMILES string of the molecule is CC.II.O=[N+]([O-])c1ccc(Cl)cc1. The molecule has 0 spiro atoms. The Hall–Kier alpha value is 0.370. The summed E-state index contributed by atoms with van der Waals surface area (Å²) in [5.74, 6) is 0. The van der Waals surface area contributed by atoms with Crippen molar-refractivity contribution in [2.45, 2.75) is 13.8 Å². The predicted octanol–water partition coefficient (Wildman–Crippen LogP) is 5.05. The molecule has 0 aromatic heterocycles. The van der Waals surface area contributed by atoms with Crippen LogP contribution in [-0.4, -0.2) is 4.92 Å². The van der Waals surface area contributed by atoms with Crippen LogP contribution < -0.4 is 0 Å². The molecular formula is C8H10ClI2NO2. The first-order valence-corrected chi connectivity index (χ1v) is 10.4. The molecule has 0 N–H and O–H groups in total.